The first-order chi connectivity index (χ1) is 16.8. The van der Waals surface area contributed by atoms with Crippen molar-refractivity contribution in [2.45, 2.75) is 84.2 Å². The van der Waals surface area contributed by atoms with Crippen molar-refractivity contribution < 1.29 is 19.2 Å². The van der Waals surface area contributed by atoms with Gasteiger partial charge >= 0.3 is 5.97 Å². The number of carbonyl (C=O) groups is 2. The molecule has 0 bridgehead atoms. The summed E-state index contributed by atoms with van der Waals surface area (Å²) < 4.78 is 5.55. The summed E-state index contributed by atoms with van der Waals surface area (Å²) in [5.41, 5.74) is 1.06. The molecule has 0 aliphatic carbocycles. The van der Waals surface area contributed by atoms with E-state index < -0.39 is 23.5 Å². The Hall–Kier alpha value is -3.07. The molecule has 3 atom stereocenters. The molecule has 2 aromatic heterocycles. The van der Waals surface area contributed by atoms with Gasteiger partial charge in [0.25, 0.3) is 5.91 Å². The molecular weight excluding hydrogens is 476 g/mol. The van der Waals surface area contributed by atoms with E-state index in [0.717, 1.165) is 11.1 Å². The molecule has 1 fully saturated rings. The Morgan fingerprint density at radius 1 is 1.28 bits per heavy atom. The monoisotopic (exact) mass is 510 g/mol. The predicted octanol–water partition coefficient (Wildman–Crippen LogP) is 5.68. The summed E-state index contributed by atoms with van der Waals surface area (Å²) in [6.45, 7) is 14.0. The number of rotatable bonds is 6. The lowest BCUT2D eigenvalue weighted by molar-refractivity contribution is -0.150. The number of carbonyl (C=O) groups excluding carboxylic acids is 1. The van der Waals surface area contributed by atoms with Crippen LogP contribution >= 0.6 is 11.3 Å². The average molecular weight is 511 g/mol. The van der Waals surface area contributed by atoms with E-state index in [1.54, 1.807) is 24.1 Å². The highest BCUT2D eigenvalue weighted by Crippen LogP contribution is 2.54. The number of aryl methyl sites for hydroxylation is 2. The molecule has 1 aromatic carbocycles. The summed E-state index contributed by atoms with van der Waals surface area (Å²) >= 11 is 1.39. The number of hydrogen-bond donors (Lipinski definition) is 1. The van der Waals surface area contributed by atoms with Gasteiger partial charge in [-0.15, -0.1) is 11.3 Å². The van der Waals surface area contributed by atoms with E-state index >= 15 is 0 Å². The topological polar surface area (TPSA) is 109 Å². The van der Waals surface area contributed by atoms with E-state index in [-0.39, 0.29) is 23.7 Å². The van der Waals surface area contributed by atoms with E-state index in [1.165, 1.54) is 11.3 Å². The molecule has 1 amide bonds. The molecule has 192 valence electrons. The van der Waals surface area contributed by atoms with Crippen LogP contribution in [0.5, 0.6) is 0 Å². The van der Waals surface area contributed by atoms with E-state index in [0.29, 0.717) is 28.7 Å². The fraction of sp³-hybridized carbons (Fsp3) is 0.519. The van der Waals surface area contributed by atoms with Crippen molar-refractivity contribution in [3.05, 3.63) is 63.2 Å². The van der Waals surface area contributed by atoms with Crippen molar-refractivity contribution in [3.63, 3.8) is 0 Å². The molecule has 3 heterocycles. The zero-order chi connectivity index (χ0) is 26.4. The van der Waals surface area contributed by atoms with Crippen LogP contribution in [0.2, 0.25) is 0 Å². The lowest BCUT2D eigenvalue weighted by Crippen LogP contribution is -2.54. The number of likely N-dealkylation sites (tertiary alicyclic amines) is 1. The van der Waals surface area contributed by atoms with Crippen LogP contribution in [-0.2, 0) is 10.2 Å². The van der Waals surface area contributed by atoms with Gasteiger partial charge in [-0.05, 0) is 61.3 Å². The van der Waals surface area contributed by atoms with Crippen molar-refractivity contribution in [2.24, 2.45) is 5.92 Å². The lowest BCUT2D eigenvalue weighted by Gasteiger charge is -2.38. The Bertz CT molecular complexity index is 1260. The molecule has 1 saturated heterocycles. The third-order valence-corrected chi connectivity index (χ3v) is 7.73. The summed E-state index contributed by atoms with van der Waals surface area (Å²) in [7, 11) is 0. The molecule has 0 spiro atoms. The zero-order valence-electron chi connectivity index (χ0n) is 21.9. The van der Waals surface area contributed by atoms with Gasteiger partial charge in [0, 0.05) is 17.1 Å². The smallest absolute Gasteiger partial charge is 0.329 e. The second-order valence-electron chi connectivity index (χ2n) is 11.2. The third-order valence-electron chi connectivity index (χ3n) is 6.89. The Labute approximate surface area is 215 Å². The number of aliphatic carboxylic acids is 1. The number of amides is 1. The van der Waals surface area contributed by atoms with Crippen molar-refractivity contribution >= 4 is 23.2 Å². The Kier molecular flexibility index (Phi) is 6.81. The Morgan fingerprint density at radius 3 is 2.50 bits per heavy atom. The molecule has 0 unspecified atom stereocenters. The predicted molar refractivity (Wildman–Crippen MR) is 137 cm³/mol. The van der Waals surface area contributed by atoms with Gasteiger partial charge < -0.3 is 14.5 Å². The molecule has 9 heteroatoms. The number of carboxylic acids is 1. The SMILES string of the molecule is Cc1noc([C@H]2C[C@@](CC(C)C)(C(=O)O)N(C(=O)c3ccc(C(C)(C)C)c(C)c3)[C@H]2c2nccs2)n1. The summed E-state index contributed by atoms with van der Waals surface area (Å²) in [5, 5.41) is 17.1. The van der Waals surface area contributed by atoms with Gasteiger partial charge in [-0.2, -0.15) is 4.98 Å². The summed E-state index contributed by atoms with van der Waals surface area (Å²) in [4.78, 5) is 37.9. The molecule has 3 aromatic rings. The zero-order valence-corrected chi connectivity index (χ0v) is 22.7. The van der Waals surface area contributed by atoms with Crippen molar-refractivity contribution in [1.29, 1.82) is 0 Å². The number of benzene rings is 1. The Balaban J connectivity index is 1.91. The second kappa shape index (κ2) is 9.42. The minimum atomic E-state index is -1.45. The number of thiazole rings is 1. The number of aromatic nitrogens is 3. The fourth-order valence-electron chi connectivity index (χ4n) is 5.60. The standard InChI is InChI=1S/C27H34N4O4S/c1-15(2)13-27(25(33)34)14-19(22-29-17(4)30-35-22)21(23-28-10-11-36-23)31(27)24(32)18-8-9-20(16(3)12-18)26(5,6)7/h8-12,15,19,21H,13-14H2,1-7H3,(H,33,34)/t19-,21+,27-/m0/s1. The highest BCUT2D eigenvalue weighted by Gasteiger charge is 2.61. The van der Waals surface area contributed by atoms with Gasteiger partial charge in [0.2, 0.25) is 5.89 Å². The highest BCUT2D eigenvalue weighted by atomic mass is 32.1. The van der Waals surface area contributed by atoms with Gasteiger partial charge in [0.1, 0.15) is 10.5 Å². The highest BCUT2D eigenvalue weighted by molar-refractivity contribution is 7.09. The first-order valence-corrected chi connectivity index (χ1v) is 13.1. The fourth-order valence-corrected chi connectivity index (χ4v) is 6.39. The molecule has 0 radical (unpaired) electrons. The maximum absolute atomic E-state index is 14.3. The Morgan fingerprint density at radius 2 is 2.00 bits per heavy atom. The molecule has 1 aliphatic heterocycles. The van der Waals surface area contributed by atoms with Crippen LogP contribution in [0.25, 0.3) is 0 Å². The normalized spacial score (nSPS) is 22.4. The molecule has 36 heavy (non-hydrogen) atoms. The molecule has 4 rings (SSSR count). The first-order valence-electron chi connectivity index (χ1n) is 12.2. The minimum Gasteiger partial charge on any atom is -0.479 e. The third kappa shape index (κ3) is 4.56. The number of carboxylic acid groups (broad SMARTS) is 1. The van der Waals surface area contributed by atoms with Crippen LogP contribution < -0.4 is 0 Å². The number of nitrogens with zero attached hydrogens (tertiary/aromatic N) is 4. The molecule has 1 aliphatic rings. The van der Waals surface area contributed by atoms with Gasteiger partial charge in [-0.25, -0.2) is 9.78 Å². The average Bonchev–Trinajstić information content (AvgIpc) is 3.50. The minimum absolute atomic E-state index is 0.0292. The summed E-state index contributed by atoms with van der Waals surface area (Å²) in [5.74, 6) is -1.04. The quantitative estimate of drug-likeness (QED) is 0.454. The molecule has 0 saturated carbocycles. The van der Waals surface area contributed by atoms with E-state index in [2.05, 4.69) is 35.9 Å². The van der Waals surface area contributed by atoms with E-state index in [1.807, 2.05) is 38.3 Å². The van der Waals surface area contributed by atoms with Crippen molar-refractivity contribution in [1.82, 2.24) is 20.0 Å². The maximum Gasteiger partial charge on any atom is 0.329 e. The molecular formula is C27H34N4O4S. The van der Waals surface area contributed by atoms with Crippen LogP contribution in [0.15, 0.2) is 34.3 Å². The summed E-state index contributed by atoms with van der Waals surface area (Å²) in [6, 6.07) is 5.00. The maximum atomic E-state index is 14.3. The van der Waals surface area contributed by atoms with Crippen LogP contribution in [0.4, 0.5) is 0 Å². The van der Waals surface area contributed by atoms with E-state index in [9.17, 15) is 14.7 Å². The van der Waals surface area contributed by atoms with Crippen LogP contribution in [0.3, 0.4) is 0 Å². The van der Waals surface area contributed by atoms with Crippen LogP contribution in [0, 0.1) is 19.8 Å². The van der Waals surface area contributed by atoms with Gasteiger partial charge in [-0.3, -0.25) is 4.79 Å². The van der Waals surface area contributed by atoms with Gasteiger partial charge in [0.15, 0.2) is 5.82 Å². The van der Waals surface area contributed by atoms with Crippen molar-refractivity contribution in [3.8, 4) is 0 Å². The first kappa shape index (κ1) is 26.0. The van der Waals surface area contributed by atoms with Crippen LogP contribution in [-0.4, -0.2) is 42.5 Å². The molecule has 8 nitrogen and oxygen atoms in total. The molecule has 1 N–H and O–H groups in total. The van der Waals surface area contributed by atoms with Gasteiger partial charge in [0.05, 0.1) is 12.0 Å². The van der Waals surface area contributed by atoms with Gasteiger partial charge in [-0.1, -0.05) is 45.8 Å². The summed E-state index contributed by atoms with van der Waals surface area (Å²) in [6.07, 6.45) is 2.13. The van der Waals surface area contributed by atoms with E-state index in [4.69, 9.17) is 4.52 Å². The second-order valence-corrected chi connectivity index (χ2v) is 12.1. The largest absolute Gasteiger partial charge is 0.479 e. The lowest BCUT2D eigenvalue weighted by atomic mass is 9.82. The van der Waals surface area contributed by atoms with Crippen molar-refractivity contribution in [2.75, 3.05) is 0 Å². The van der Waals surface area contributed by atoms with Crippen LogP contribution in [0.1, 0.15) is 97.6 Å². The number of hydrogen-bond acceptors (Lipinski definition) is 7.